The largest absolute Gasteiger partial charge is 0.382 e. The molecule has 0 bridgehead atoms. The second-order valence-corrected chi connectivity index (χ2v) is 4.27. The molecule has 6 nitrogen and oxygen atoms in total. The van der Waals surface area contributed by atoms with Crippen molar-refractivity contribution in [3.63, 3.8) is 0 Å². The van der Waals surface area contributed by atoms with E-state index in [2.05, 4.69) is 10.6 Å². The maximum absolute atomic E-state index is 11.1. The molecular formula is C12H17N3O3. The smallest absolute Gasteiger partial charge is 0.315 e. The van der Waals surface area contributed by atoms with Gasteiger partial charge >= 0.3 is 5.69 Å². The summed E-state index contributed by atoms with van der Waals surface area (Å²) in [4.78, 5) is 10.8. The minimum Gasteiger partial charge on any atom is -0.382 e. The Morgan fingerprint density at radius 2 is 2.22 bits per heavy atom. The van der Waals surface area contributed by atoms with Crippen molar-refractivity contribution in [2.75, 3.05) is 30.9 Å². The first-order chi connectivity index (χ1) is 8.72. The molecule has 1 aromatic carbocycles. The van der Waals surface area contributed by atoms with Crippen LogP contribution in [0.1, 0.15) is 12.8 Å². The predicted molar refractivity (Wildman–Crippen MR) is 70.1 cm³/mol. The third-order valence-electron chi connectivity index (χ3n) is 3.01. The molecule has 1 atom stereocenters. The number of nitro groups is 1. The van der Waals surface area contributed by atoms with Crippen LogP contribution in [0.3, 0.4) is 0 Å². The summed E-state index contributed by atoms with van der Waals surface area (Å²) in [6.45, 7) is 1.37. The van der Waals surface area contributed by atoms with E-state index in [0.29, 0.717) is 18.0 Å². The Bertz CT molecular complexity index is 431. The third-order valence-corrected chi connectivity index (χ3v) is 3.01. The van der Waals surface area contributed by atoms with Gasteiger partial charge in [0.05, 0.1) is 11.5 Å². The molecule has 0 radical (unpaired) electrons. The Hall–Kier alpha value is -1.82. The van der Waals surface area contributed by atoms with Crippen LogP contribution in [-0.2, 0) is 4.74 Å². The predicted octanol–water partition coefficient (Wildman–Crippen LogP) is 2.23. The van der Waals surface area contributed by atoms with Gasteiger partial charge in [0, 0.05) is 19.7 Å². The van der Waals surface area contributed by atoms with Crippen molar-refractivity contribution in [1.82, 2.24) is 0 Å². The van der Waals surface area contributed by atoms with Crippen molar-refractivity contribution in [2.24, 2.45) is 0 Å². The van der Waals surface area contributed by atoms with Crippen molar-refractivity contribution >= 4 is 17.1 Å². The summed E-state index contributed by atoms with van der Waals surface area (Å²) in [5.74, 6) is 0. The lowest BCUT2D eigenvalue weighted by Crippen LogP contribution is -2.30. The zero-order valence-electron chi connectivity index (χ0n) is 10.3. The van der Waals surface area contributed by atoms with Gasteiger partial charge in [-0.15, -0.1) is 0 Å². The summed E-state index contributed by atoms with van der Waals surface area (Å²) in [5, 5.41) is 17.2. The van der Waals surface area contributed by atoms with E-state index in [1.807, 2.05) is 0 Å². The third kappa shape index (κ3) is 2.70. The topological polar surface area (TPSA) is 76.4 Å². The van der Waals surface area contributed by atoms with E-state index in [9.17, 15) is 10.1 Å². The Balaban J connectivity index is 2.23. The van der Waals surface area contributed by atoms with Crippen molar-refractivity contribution < 1.29 is 9.66 Å². The molecule has 0 saturated carbocycles. The number of nitro benzene ring substituents is 1. The molecule has 1 unspecified atom stereocenters. The summed E-state index contributed by atoms with van der Waals surface area (Å²) in [5.41, 5.74) is 1.15. The molecule has 2 N–H and O–H groups in total. The SMILES string of the molecule is CNc1cccc(NC2CCCOC2)c1[N+](=O)[O-]. The molecule has 1 aromatic rings. The van der Waals surface area contributed by atoms with Crippen LogP contribution in [0.4, 0.5) is 17.1 Å². The monoisotopic (exact) mass is 251 g/mol. The molecule has 0 amide bonds. The minimum atomic E-state index is -0.363. The lowest BCUT2D eigenvalue weighted by molar-refractivity contribution is -0.383. The number of rotatable bonds is 4. The molecule has 1 fully saturated rings. The normalized spacial score (nSPS) is 19.3. The summed E-state index contributed by atoms with van der Waals surface area (Å²) < 4.78 is 5.36. The van der Waals surface area contributed by atoms with Crippen LogP contribution in [-0.4, -0.2) is 31.2 Å². The average Bonchev–Trinajstić information content (AvgIpc) is 2.39. The first-order valence-corrected chi connectivity index (χ1v) is 6.02. The molecule has 0 aromatic heterocycles. The van der Waals surface area contributed by atoms with Gasteiger partial charge in [-0.05, 0) is 25.0 Å². The van der Waals surface area contributed by atoms with Crippen LogP contribution in [0.25, 0.3) is 0 Å². The standard InChI is InChI=1S/C12H17N3O3/c1-13-10-5-2-6-11(12(10)15(16)17)14-9-4-3-7-18-8-9/h2,5-6,9,13-14H,3-4,7-8H2,1H3. The first-order valence-electron chi connectivity index (χ1n) is 6.02. The number of hydrogen-bond acceptors (Lipinski definition) is 5. The quantitative estimate of drug-likeness (QED) is 0.634. The molecule has 6 heteroatoms. The van der Waals surface area contributed by atoms with Gasteiger partial charge in [0.1, 0.15) is 11.4 Å². The highest BCUT2D eigenvalue weighted by atomic mass is 16.6. The second kappa shape index (κ2) is 5.68. The highest BCUT2D eigenvalue weighted by Gasteiger charge is 2.22. The molecular weight excluding hydrogens is 234 g/mol. The van der Waals surface area contributed by atoms with Crippen molar-refractivity contribution in [1.29, 1.82) is 0 Å². The van der Waals surface area contributed by atoms with Gasteiger partial charge in [0.2, 0.25) is 0 Å². The van der Waals surface area contributed by atoms with Crippen LogP contribution in [0.15, 0.2) is 18.2 Å². The van der Waals surface area contributed by atoms with Gasteiger partial charge in [-0.2, -0.15) is 0 Å². The van der Waals surface area contributed by atoms with Gasteiger partial charge in [0.25, 0.3) is 0 Å². The molecule has 1 heterocycles. The Morgan fingerprint density at radius 1 is 1.44 bits per heavy atom. The fourth-order valence-corrected chi connectivity index (χ4v) is 2.13. The number of para-hydroxylation sites is 1. The van der Waals surface area contributed by atoms with Crippen LogP contribution in [0.2, 0.25) is 0 Å². The molecule has 18 heavy (non-hydrogen) atoms. The van der Waals surface area contributed by atoms with E-state index in [4.69, 9.17) is 4.74 Å². The number of nitrogens with zero attached hydrogens (tertiary/aromatic N) is 1. The van der Waals surface area contributed by atoms with E-state index in [1.165, 1.54) is 0 Å². The van der Waals surface area contributed by atoms with Gasteiger partial charge in [-0.1, -0.05) is 6.07 Å². The first kappa shape index (κ1) is 12.6. The van der Waals surface area contributed by atoms with Gasteiger partial charge < -0.3 is 15.4 Å². The van der Waals surface area contributed by atoms with Gasteiger partial charge in [0.15, 0.2) is 0 Å². The summed E-state index contributed by atoms with van der Waals surface area (Å²) in [7, 11) is 1.68. The lowest BCUT2D eigenvalue weighted by atomic mass is 10.1. The fraction of sp³-hybridized carbons (Fsp3) is 0.500. The van der Waals surface area contributed by atoms with E-state index in [-0.39, 0.29) is 16.7 Å². The Labute approximate surface area is 105 Å². The number of anilines is 2. The van der Waals surface area contributed by atoms with Crippen LogP contribution < -0.4 is 10.6 Å². The fourth-order valence-electron chi connectivity index (χ4n) is 2.13. The maximum Gasteiger partial charge on any atom is 0.315 e. The van der Waals surface area contributed by atoms with Crippen molar-refractivity contribution in [3.05, 3.63) is 28.3 Å². The molecule has 2 rings (SSSR count). The molecule has 1 aliphatic rings. The maximum atomic E-state index is 11.1. The minimum absolute atomic E-state index is 0.0885. The zero-order chi connectivity index (χ0) is 13.0. The number of ether oxygens (including phenoxy) is 1. The van der Waals surface area contributed by atoms with Crippen molar-refractivity contribution in [3.8, 4) is 0 Å². The Kier molecular flexibility index (Phi) is 3.99. The average molecular weight is 251 g/mol. The van der Waals surface area contributed by atoms with E-state index in [1.54, 1.807) is 25.2 Å². The van der Waals surface area contributed by atoms with E-state index in [0.717, 1.165) is 19.4 Å². The summed E-state index contributed by atoms with van der Waals surface area (Å²) in [6, 6.07) is 5.36. The molecule has 0 spiro atoms. The lowest BCUT2D eigenvalue weighted by Gasteiger charge is -2.24. The number of hydrogen-bond donors (Lipinski definition) is 2. The summed E-state index contributed by atoms with van der Waals surface area (Å²) in [6.07, 6.45) is 1.96. The highest BCUT2D eigenvalue weighted by Crippen LogP contribution is 2.33. The van der Waals surface area contributed by atoms with Gasteiger partial charge in [-0.3, -0.25) is 10.1 Å². The summed E-state index contributed by atoms with van der Waals surface area (Å²) >= 11 is 0. The molecule has 98 valence electrons. The van der Waals surface area contributed by atoms with Crippen molar-refractivity contribution in [2.45, 2.75) is 18.9 Å². The number of nitrogens with one attached hydrogen (secondary N) is 2. The van der Waals surface area contributed by atoms with E-state index < -0.39 is 0 Å². The second-order valence-electron chi connectivity index (χ2n) is 4.27. The molecule has 0 aliphatic carbocycles. The van der Waals surface area contributed by atoms with Crippen LogP contribution in [0.5, 0.6) is 0 Å². The Morgan fingerprint density at radius 3 is 2.83 bits per heavy atom. The van der Waals surface area contributed by atoms with E-state index >= 15 is 0 Å². The van der Waals surface area contributed by atoms with Crippen LogP contribution >= 0.6 is 0 Å². The van der Waals surface area contributed by atoms with Crippen LogP contribution in [0, 0.1) is 10.1 Å². The zero-order valence-corrected chi connectivity index (χ0v) is 10.3. The molecule has 1 saturated heterocycles. The highest BCUT2D eigenvalue weighted by molar-refractivity contribution is 5.76. The van der Waals surface area contributed by atoms with Gasteiger partial charge in [-0.25, -0.2) is 0 Å². The molecule has 1 aliphatic heterocycles. The number of benzene rings is 1.